The number of ether oxygens (including phenoxy) is 2. The summed E-state index contributed by atoms with van der Waals surface area (Å²) in [5.74, 6) is 0. The maximum absolute atomic E-state index is 5.99. The minimum absolute atomic E-state index is 0.215. The lowest BCUT2D eigenvalue weighted by molar-refractivity contribution is -0.00563. The number of hydrogen-bond donors (Lipinski definition) is 0. The first-order valence-electron chi connectivity index (χ1n) is 13.6. The highest BCUT2D eigenvalue weighted by atomic mass is 79.9. The number of unbranched alkanes of at least 4 members (excludes halogenated alkanes) is 18. The molecule has 0 aromatic heterocycles. The molecule has 0 saturated carbocycles. The average molecular weight is 492 g/mol. The number of halogens is 1. The molecule has 0 fully saturated rings. The molecule has 0 bridgehead atoms. The second-order valence-corrected chi connectivity index (χ2v) is 9.73. The minimum Gasteiger partial charge on any atom is -0.379 e. The van der Waals surface area contributed by atoms with E-state index < -0.39 is 0 Å². The standard InChI is InChI=1S/C27H55BrO2/c1-3-5-7-9-11-13-15-17-19-21-23-29-26-27(25-28)30-24-22-20-18-16-14-12-10-8-6-4-2/h27H,3-26H2,1-2H3. The van der Waals surface area contributed by atoms with Crippen molar-refractivity contribution >= 4 is 15.9 Å². The van der Waals surface area contributed by atoms with Crippen LogP contribution in [0.5, 0.6) is 0 Å². The van der Waals surface area contributed by atoms with Gasteiger partial charge in [-0.15, -0.1) is 0 Å². The number of hydrogen-bond acceptors (Lipinski definition) is 2. The van der Waals surface area contributed by atoms with Crippen molar-refractivity contribution in [2.75, 3.05) is 25.2 Å². The molecule has 0 aliphatic rings. The topological polar surface area (TPSA) is 18.5 Å². The van der Waals surface area contributed by atoms with Crippen LogP contribution in [-0.4, -0.2) is 31.3 Å². The first-order valence-corrected chi connectivity index (χ1v) is 14.7. The Balaban J connectivity index is 3.27. The summed E-state index contributed by atoms with van der Waals surface area (Å²) in [7, 11) is 0. The van der Waals surface area contributed by atoms with Crippen molar-refractivity contribution < 1.29 is 9.47 Å². The highest BCUT2D eigenvalue weighted by Crippen LogP contribution is 2.12. The van der Waals surface area contributed by atoms with Crippen molar-refractivity contribution in [1.82, 2.24) is 0 Å². The Kier molecular flexibility index (Phi) is 27.8. The highest BCUT2D eigenvalue weighted by molar-refractivity contribution is 9.09. The Morgan fingerprint density at radius 3 is 1.27 bits per heavy atom. The SMILES string of the molecule is CCCCCCCCCCCCOCC(CBr)OCCCCCCCCCCCC. The van der Waals surface area contributed by atoms with Crippen LogP contribution >= 0.6 is 15.9 Å². The van der Waals surface area contributed by atoms with Crippen molar-refractivity contribution in [2.24, 2.45) is 0 Å². The van der Waals surface area contributed by atoms with Crippen LogP contribution in [0.15, 0.2) is 0 Å². The monoisotopic (exact) mass is 490 g/mol. The molecule has 0 N–H and O–H groups in total. The van der Waals surface area contributed by atoms with Crippen LogP contribution in [0.4, 0.5) is 0 Å². The Hall–Kier alpha value is 0.400. The molecule has 2 nitrogen and oxygen atoms in total. The third-order valence-electron chi connectivity index (χ3n) is 5.97. The van der Waals surface area contributed by atoms with Gasteiger partial charge in [-0.2, -0.15) is 0 Å². The summed E-state index contributed by atoms with van der Waals surface area (Å²) in [5.41, 5.74) is 0. The molecular formula is C27H55BrO2. The average Bonchev–Trinajstić information content (AvgIpc) is 2.76. The van der Waals surface area contributed by atoms with Gasteiger partial charge in [0.1, 0.15) is 0 Å². The van der Waals surface area contributed by atoms with Gasteiger partial charge in [0.05, 0.1) is 12.7 Å². The fraction of sp³-hybridized carbons (Fsp3) is 1.00. The molecule has 0 aliphatic carbocycles. The summed E-state index contributed by atoms with van der Waals surface area (Å²) in [6.45, 7) is 7.08. The third-order valence-corrected chi connectivity index (χ3v) is 6.69. The van der Waals surface area contributed by atoms with E-state index in [0.717, 1.165) is 25.2 Å². The molecule has 0 spiro atoms. The van der Waals surface area contributed by atoms with Crippen LogP contribution in [0.25, 0.3) is 0 Å². The van der Waals surface area contributed by atoms with Crippen molar-refractivity contribution in [3.8, 4) is 0 Å². The van der Waals surface area contributed by atoms with E-state index in [1.54, 1.807) is 0 Å². The summed E-state index contributed by atoms with van der Waals surface area (Å²) in [6.07, 6.45) is 27.7. The Morgan fingerprint density at radius 1 is 0.500 bits per heavy atom. The summed E-state index contributed by atoms with van der Waals surface area (Å²) in [5, 5.41) is 0.878. The second kappa shape index (κ2) is 27.4. The maximum atomic E-state index is 5.99. The molecular weight excluding hydrogens is 436 g/mol. The first kappa shape index (κ1) is 30.4. The molecule has 1 unspecified atom stereocenters. The Labute approximate surface area is 198 Å². The minimum atomic E-state index is 0.215. The zero-order valence-electron chi connectivity index (χ0n) is 20.7. The van der Waals surface area contributed by atoms with E-state index in [4.69, 9.17) is 9.47 Å². The zero-order valence-corrected chi connectivity index (χ0v) is 22.3. The van der Waals surface area contributed by atoms with Gasteiger partial charge in [-0.1, -0.05) is 145 Å². The van der Waals surface area contributed by atoms with Gasteiger partial charge in [-0.25, -0.2) is 0 Å². The van der Waals surface area contributed by atoms with Crippen LogP contribution in [0.1, 0.15) is 142 Å². The fourth-order valence-corrected chi connectivity index (χ4v) is 4.26. The van der Waals surface area contributed by atoms with Gasteiger partial charge in [0, 0.05) is 18.5 Å². The Morgan fingerprint density at radius 2 is 0.867 bits per heavy atom. The van der Waals surface area contributed by atoms with Crippen molar-refractivity contribution in [1.29, 1.82) is 0 Å². The van der Waals surface area contributed by atoms with Gasteiger partial charge >= 0.3 is 0 Å². The van der Waals surface area contributed by atoms with E-state index >= 15 is 0 Å². The zero-order chi connectivity index (χ0) is 22.0. The number of alkyl halides is 1. The molecule has 0 radical (unpaired) electrons. The van der Waals surface area contributed by atoms with Crippen molar-refractivity contribution in [2.45, 2.75) is 148 Å². The van der Waals surface area contributed by atoms with Gasteiger partial charge in [0.15, 0.2) is 0 Å². The van der Waals surface area contributed by atoms with Crippen LogP contribution < -0.4 is 0 Å². The third kappa shape index (κ3) is 24.7. The molecule has 1 atom stereocenters. The largest absolute Gasteiger partial charge is 0.379 e. The molecule has 0 rings (SSSR count). The molecule has 0 aromatic carbocycles. The summed E-state index contributed by atoms with van der Waals surface area (Å²) in [6, 6.07) is 0. The van der Waals surface area contributed by atoms with Gasteiger partial charge < -0.3 is 9.47 Å². The smallest absolute Gasteiger partial charge is 0.0904 e. The van der Waals surface area contributed by atoms with Crippen LogP contribution in [0, 0.1) is 0 Å². The van der Waals surface area contributed by atoms with Crippen LogP contribution in [0.3, 0.4) is 0 Å². The van der Waals surface area contributed by atoms with Crippen LogP contribution in [-0.2, 0) is 9.47 Å². The second-order valence-electron chi connectivity index (χ2n) is 9.09. The summed E-state index contributed by atoms with van der Waals surface area (Å²) >= 11 is 3.57. The van der Waals surface area contributed by atoms with E-state index in [1.165, 1.54) is 128 Å². The normalized spacial score (nSPS) is 12.5. The van der Waals surface area contributed by atoms with E-state index in [2.05, 4.69) is 29.8 Å². The Bertz CT molecular complexity index is 299. The molecule has 0 aliphatic heterocycles. The van der Waals surface area contributed by atoms with Gasteiger partial charge in [-0.05, 0) is 12.8 Å². The summed E-state index contributed by atoms with van der Waals surface area (Å²) in [4.78, 5) is 0. The van der Waals surface area contributed by atoms with E-state index in [-0.39, 0.29) is 6.10 Å². The van der Waals surface area contributed by atoms with Crippen LogP contribution in [0.2, 0.25) is 0 Å². The molecule has 0 heterocycles. The van der Waals surface area contributed by atoms with Gasteiger partial charge in [0.25, 0.3) is 0 Å². The van der Waals surface area contributed by atoms with Crippen molar-refractivity contribution in [3.05, 3.63) is 0 Å². The van der Waals surface area contributed by atoms with Gasteiger partial charge in [-0.3, -0.25) is 0 Å². The van der Waals surface area contributed by atoms with Gasteiger partial charge in [0.2, 0.25) is 0 Å². The number of rotatable bonds is 26. The maximum Gasteiger partial charge on any atom is 0.0904 e. The fourth-order valence-electron chi connectivity index (χ4n) is 3.88. The molecule has 0 saturated heterocycles. The predicted octanol–water partition coefficient (Wildman–Crippen LogP) is 9.62. The lowest BCUT2D eigenvalue weighted by atomic mass is 10.1. The molecule has 30 heavy (non-hydrogen) atoms. The predicted molar refractivity (Wildman–Crippen MR) is 138 cm³/mol. The molecule has 3 heteroatoms. The molecule has 182 valence electrons. The van der Waals surface area contributed by atoms with E-state index in [1.807, 2.05) is 0 Å². The summed E-state index contributed by atoms with van der Waals surface area (Å²) < 4.78 is 11.8. The quantitative estimate of drug-likeness (QED) is 0.0886. The first-order chi connectivity index (χ1) is 14.8. The molecule has 0 amide bonds. The van der Waals surface area contributed by atoms with Crippen molar-refractivity contribution in [3.63, 3.8) is 0 Å². The van der Waals surface area contributed by atoms with E-state index in [0.29, 0.717) is 0 Å². The van der Waals surface area contributed by atoms with E-state index in [9.17, 15) is 0 Å². The lowest BCUT2D eigenvalue weighted by Gasteiger charge is -2.15. The highest BCUT2D eigenvalue weighted by Gasteiger charge is 2.07. The lowest BCUT2D eigenvalue weighted by Crippen LogP contribution is -2.22. The molecule has 0 aromatic rings.